The highest BCUT2D eigenvalue weighted by molar-refractivity contribution is 5.87. The maximum atomic E-state index is 13.8. The number of hydrogen-bond acceptors (Lipinski definition) is 5. The zero-order valence-corrected chi connectivity index (χ0v) is 18.7. The predicted molar refractivity (Wildman–Crippen MR) is 119 cm³/mol. The summed E-state index contributed by atoms with van der Waals surface area (Å²) in [6, 6.07) is 13.3. The number of nitrogens with zero attached hydrogens (tertiary/aromatic N) is 1. The number of halogens is 2. The molecule has 10 heteroatoms. The van der Waals surface area contributed by atoms with Gasteiger partial charge in [-0.15, -0.1) is 0 Å². The number of alkyl halides is 2. The SMILES string of the molecule is O=C(NC1COCC1C(=O)N1CC(F)(F)C[C@H]1C(=O)O)OCC1c2ccccc2-c2ccccc21. The van der Waals surface area contributed by atoms with Crippen LogP contribution in [-0.4, -0.2) is 72.3 Å². The fourth-order valence-electron chi connectivity index (χ4n) is 5.21. The Hall–Kier alpha value is -3.53. The van der Waals surface area contributed by atoms with Crippen LogP contribution in [0, 0.1) is 5.92 Å². The molecule has 0 spiro atoms. The Labute approximate surface area is 199 Å². The second kappa shape index (κ2) is 8.92. The van der Waals surface area contributed by atoms with Gasteiger partial charge in [0.25, 0.3) is 5.92 Å². The second-order valence-corrected chi connectivity index (χ2v) is 9.10. The summed E-state index contributed by atoms with van der Waals surface area (Å²) in [4.78, 5) is 37.6. The molecule has 0 aromatic heterocycles. The standard InChI is InChI=1S/C25H24F2N2O6/c26-25(27)9-21(23(31)32)29(13-25)22(30)19-10-34-12-20(19)28-24(33)35-11-18-16-7-3-1-5-14(16)15-6-2-4-8-17(15)18/h1-8,18-21H,9-13H2,(H,28,33)(H,31,32)/t19?,20?,21-/m0/s1. The van der Waals surface area contributed by atoms with Crippen LogP contribution in [0.5, 0.6) is 0 Å². The summed E-state index contributed by atoms with van der Waals surface area (Å²) >= 11 is 0. The molecule has 184 valence electrons. The maximum Gasteiger partial charge on any atom is 0.407 e. The number of carbonyl (C=O) groups is 3. The summed E-state index contributed by atoms with van der Waals surface area (Å²) in [6.45, 7) is -1.02. The number of hydrogen-bond donors (Lipinski definition) is 2. The molecule has 2 heterocycles. The van der Waals surface area contributed by atoms with Gasteiger partial charge in [-0.25, -0.2) is 18.4 Å². The van der Waals surface area contributed by atoms with E-state index >= 15 is 0 Å². The van der Waals surface area contributed by atoms with Crippen molar-refractivity contribution in [2.24, 2.45) is 5.92 Å². The van der Waals surface area contributed by atoms with Gasteiger partial charge in [-0.05, 0) is 22.3 Å². The van der Waals surface area contributed by atoms with Crippen LogP contribution in [0.4, 0.5) is 13.6 Å². The van der Waals surface area contributed by atoms with Crippen molar-refractivity contribution in [2.45, 2.75) is 30.3 Å². The van der Waals surface area contributed by atoms with Crippen molar-refractivity contribution in [3.63, 3.8) is 0 Å². The van der Waals surface area contributed by atoms with Gasteiger partial charge >= 0.3 is 12.1 Å². The largest absolute Gasteiger partial charge is 0.480 e. The molecule has 0 radical (unpaired) electrons. The normalized spacial score (nSPS) is 24.6. The number of carboxylic acids is 1. The van der Waals surface area contributed by atoms with E-state index in [1.54, 1.807) is 0 Å². The van der Waals surface area contributed by atoms with Gasteiger partial charge in [0.1, 0.15) is 12.6 Å². The number of alkyl carbamates (subject to hydrolysis) is 1. The van der Waals surface area contributed by atoms with Crippen LogP contribution in [0.2, 0.25) is 0 Å². The summed E-state index contributed by atoms with van der Waals surface area (Å²) in [5.41, 5.74) is 4.27. The molecule has 2 aromatic rings. The van der Waals surface area contributed by atoms with Gasteiger partial charge in [0, 0.05) is 12.3 Å². The molecule has 1 aliphatic carbocycles. The number of fused-ring (bicyclic) bond motifs is 3. The third-order valence-corrected chi connectivity index (χ3v) is 6.88. The first-order valence-corrected chi connectivity index (χ1v) is 11.4. The van der Waals surface area contributed by atoms with Crippen molar-refractivity contribution >= 4 is 18.0 Å². The van der Waals surface area contributed by atoms with Crippen LogP contribution in [0.1, 0.15) is 23.5 Å². The van der Waals surface area contributed by atoms with Crippen LogP contribution in [0.25, 0.3) is 11.1 Å². The molecule has 5 rings (SSSR count). The smallest absolute Gasteiger partial charge is 0.407 e. The molecule has 3 aliphatic rings. The van der Waals surface area contributed by atoms with E-state index in [0.717, 1.165) is 22.3 Å². The molecule has 2 aliphatic heterocycles. The van der Waals surface area contributed by atoms with Gasteiger partial charge in [-0.1, -0.05) is 48.5 Å². The molecule has 3 atom stereocenters. The third kappa shape index (κ3) is 4.34. The number of benzene rings is 2. The number of ether oxygens (including phenoxy) is 2. The fourth-order valence-corrected chi connectivity index (χ4v) is 5.21. The number of carboxylic acid groups (broad SMARTS) is 1. The number of likely N-dealkylation sites (tertiary alicyclic amines) is 1. The topological polar surface area (TPSA) is 105 Å². The monoisotopic (exact) mass is 486 g/mol. The van der Waals surface area contributed by atoms with Crippen LogP contribution in [-0.2, 0) is 19.1 Å². The van der Waals surface area contributed by atoms with Crippen molar-refractivity contribution in [1.82, 2.24) is 10.2 Å². The molecule has 2 fully saturated rings. The average molecular weight is 486 g/mol. The molecule has 2 unspecified atom stereocenters. The van der Waals surface area contributed by atoms with Crippen molar-refractivity contribution in [1.29, 1.82) is 0 Å². The van der Waals surface area contributed by atoms with Crippen molar-refractivity contribution in [3.05, 3.63) is 59.7 Å². The lowest BCUT2D eigenvalue weighted by Crippen LogP contribution is -2.50. The molecule has 2 aromatic carbocycles. The lowest BCUT2D eigenvalue weighted by molar-refractivity contribution is -0.150. The lowest BCUT2D eigenvalue weighted by Gasteiger charge is -2.26. The first-order valence-electron chi connectivity index (χ1n) is 11.4. The number of nitrogens with one attached hydrogen (secondary N) is 1. The first-order chi connectivity index (χ1) is 16.7. The van der Waals surface area contributed by atoms with Crippen LogP contribution in [0.15, 0.2) is 48.5 Å². The molecule has 2 N–H and O–H groups in total. The molecule has 8 nitrogen and oxygen atoms in total. The minimum atomic E-state index is -3.28. The third-order valence-electron chi connectivity index (χ3n) is 6.88. The first kappa shape index (κ1) is 23.2. The van der Waals surface area contributed by atoms with E-state index in [0.29, 0.717) is 4.90 Å². The van der Waals surface area contributed by atoms with Crippen LogP contribution >= 0.6 is 0 Å². The Bertz CT molecular complexity index is 1130. The average Bonchev–Trinajstić information content (AvgIpc) is 3.51. The number of amides is 2. The van der Waals surface area contributed by atoms with Crippen molar-refractivity contribution in [3.8, 4) is 11.1 Å². The summed E-state index contributed by atoms with van der Waals surface area (Å²) in [6.07, 6.45) is -1.70. The van der Waals surface area contributed by atoms with Gasteiger partial charge in [0.15, 0.2) is 0 Å². The van der Waals surface area contributed by atoms with Gasteiger partial charge in [-0.2, -0.15) is 0 Å². The zero-order chi connectivity index (χ0) is 24.7. The van der Waals surface area contributed by atoms with E-state index in [1.807, 2.05) is 48.5 Å². The highest BCUT2D eigenvalue weighted by Gasteiger charge is 2.52. The summed E-state index contributed by atoms with van der Waals surface area (Å²) < 4.78 is 38.5. The van der Waals surface area contributed by atoms with Crippen LogP contribution in [0.3, 0.4) is 0 Å². The Morgan fingerprint density at radius 2 is 1.69 bits per heavy atom. The Balaban J connectivity index is 1.24. The molecule has 35 heavy (non-hydrogen) atoms. The number of rotatable bonds is 5. The minimum Gasteiger partial charge on any atom is -0.480 e. The molecular formula is C25H24F2N2O6. The summed E-state index contributed by atoms with van der Waals surface area (Å²) in [7, 11) is 0. The molecular weight excluding hydrogens is 462 g/mol. The molecule has 2 amide bonds. The highest BCUT2D eigenvalue weighted by Crippen LogP contribution is 2.44. The lowest BCUT2D eigenvalue weighted by atomic mass is 9.98. The van der Waals surface area contributed by atoms with Gasteiger partial charge in [-0.3, -0.25) is 4.79 Å². The summed E-state index contributed by atoms with van der Waals surface area (Å²) in [5.74, 6) is -6.68. The van der Waals surface area contributed by atoms with E-state index in [9.17, 15) is 28.3 Å². The van der Waals surface area contributed by atoms with Gasteiger partial charge < -0.3 is 24.8 Å². The van der Waals surface area contributed by atoms with E-state index < -0.39 is 54.9 Å². The van der Waals surface area contributed by atoms with E-state index in [2.05, 4.69) is 5.32 Å². The van der Waals surface area contributed by atoms with Crippen molar-refractivity contribution in [2.75, 3.05) is 26.4 Å². The second-order valence-electron chi connectivity index (χ2n) is 9.10. The van der Waals surface area contributed by atoms with Gasteiger partial charge in [0.2, 0.25) is 5.91 Å². The predicted octanol–water partition coefficient (Wildman–Crippen LogP) is 2.86. The fraction of sp³-hybridized carbons (Fsp3) is 0.400. The summed E-state index contributed by atoms with van der Waals surface area (Å²) in [5, 5.41) is 11.9. The van der Waals surface area contributed by atoms with E-state index in [-0.39, 0.29) is 25.7 Å². The van der Waals surface area contributed by atoms with Gasteiger partial charge in [0.05, 0.1) is 31.7 Å². The van der Waals surface area contributed by atoms with E-state index in [1.165, 1.54) is 0 Å². The molecule has 0 saturated carbocycles. The quantitative estimate of drug-likeness (QED) is 0.674. The number of aliphatic carboxylic acids is 1. The minimum absolute atomic E-state index is 0.0113. The molecule has 0 bridgehead atoms. The Kier molecular flexibility index (Phi) is 5.92. The molecule has 2 saturated heterocycles. The maximum absolute atomic E-state index is 13.8. The Morgan fingerprint density at radius 1 is 1.06 bits per heavy atom. The Morgan fingerprint density at radius 3 is 2.31 bits per heavy atom. The van der Waals surface area contributed by atoms with Crippen molar-refractivity contribution < 1.29 is 37.7 Å². The highest BCUT2D eigenvalue weighted by atomic mass is 19.3. The van der Waals surface area contributed by atoms with Crippen LogP contribution < -0.4 is 5.32 Å². The zero-order valence-electron chi connectivity index (χ0n) is 18.7. The number of carbonyl (C=O) groups excluding carboxylic acids is 2. The van der Waals surface area contributed by atoms with E-state index in [4.69, 9.17) is 9.47 Å².